The second kappa shape index (κ2) is 10.9. The molecule has 0 aromatic carbocycles. The minimum atomic E-state index is 0.192. The van der Waals surface area contributed by atoms with Crippen molar-refractivity contribution in [2.24, 2.45) is 0 Å². The highest BCUT2D eigenvalue weighted by Gasteiger charge is 2.18. The molecule has 0 aromatic heterocycles. The molecule has 4 heteroatoms. The molecule has 0 unspecified atom stereocenters. The predicted molar refractivity (Wildman–Crippen MR) is 84.5 cm³/mol. The fourth-order valence-corrected chi connectivity index (χ4v) is 2.10. The Hall–Kier alpha value is -0.870. The van der Waals surface area contributed by atoms with Crippen molar-refractivity contribution in [2.45, 2.75) is 39.5 Å². The Morgan fingerprint density at radius 3 is 2.50 bits per heavy atom. The molecule has 0 bridgehead atoms. The van der Waals surface area contributed by atoms with E-state index in [1.807, 2.05) is 18.7 Å². The van der Waals surface area contributed by atoms with Gasteiger partial charge in [0.05, 0.1) is 33.8 Å². The lowest BCUT2D eigenvalue weighted by Crippen LogP contribution is -2.48. The van der Waals surface area contributed by atoms with Gasteiger partial charge in [-0.25, -0.2) is 0 Å². The lowest BCUT2D eigenvalue weighted by Gasteiger charge is -2.32. The summed E-state index contributed by atoms with van der Waals surface area (Å²) >= 11 is 0. The number of likely N-dealkylation sites (N-methyl/N-ethyl adjacent to an activating group) is 2. The molecule has 0 heterocycles. The number of amides is 1. The quantitative estimate of drug-likeness (QED) is 0.358. The number of rotatable bonds is 11. The average Bonchev–Trinajstić information content (AvgIpc) is 2.39. The number of quaternary nitrogens is 1. The Balaban J connectivity index is 4.02. The van der Waals surface area contributed by atoms with Gasteiger partial charge in [0, 0.05) is 13.0 Å². The van der Waals surface area contributed by atoms with Crippen LogP contribution in [0.15, 0.2) is 12.2 Å². The van der Waals surface area contributed by atoms with Crippen molar-refractivity contribution in [3.8, 4) is 0 Å². The van der Waals surface area contributed by atoms with E-state index in [1.165, 1.54) is 0 Å². The van der Waals surface area contributed by atoms with E-state index >= 15 is 0 Å². The second-order valence-corrected chi connectivity index (χ2v) is 5.89. The summed E-state index contributed by atoms with van der Waals surface area (Å²) in [6, 6.07) is 0. The summed E-state index contributed by atoms with van der Waals surface area (Å²) in [5.74, 6) is 0.261. The van der Waals surface area contributed by atoms with Crippen molar-refractivity contribution in [1.29, 1.82) is 0 Å². The number of carbonyl (C=O) groups excluding carboxylic acids is 1. The SMILES string of the molecule is C/C=C/CCCCC(=O)N(CC)CC[N+](C)(C)CCO. The highest BCUT2D eigenvalue weighted by atomic mass is 16.3. The summed E-state index contributed by atoms with van der Waals surface area (Å²) in [6.07, 6.45) is 7.97. The van der Waals surface area contributed by atoms with E-state index in [-0.39, 0.29) is 12.5 Å². The zero-order chi connectivity index (χ0) is 15.4. The lowest BCUT2D eigenvalue weighted by atomic mass is 10.1. The first kappa shape index (κ1) is 19.1. The zero-order valence-corrected chi connectivity index (χ0v) is 13.8. The molecule has 0 fully saturated rings. The van der Waals surface area contributed by atoms with Crippen molar-refractivity contribution < 1.29 is 14.4 Å². The third-order valence-electron chi connectivity index (χ3n) is 3.66. The summed E-state index contributed by atoms with van der Waals surface area (Å²) in [4.78, 5) is 14.1. The van der Waals surface area contributed by atoms with Gasteiger partial charge in [0.2, 0.25) is 5.91 Å². The zero-order valence-electron chi connectivity index (χ0n) is 13.8. The number of aliphatic hydroxyl groups excluding tert-OH is 1. The number of hydrogen-bond donors (Lipinski definition) is 1. The molecular formula is C16H33N2O2+. The molecule has 4 nitrogen and oxygen atoms in total. The Labute approximate surface area is 124 Å². The van der Waals surface area contributed by atoms with E-state index in [2.05, 4.69) is 26.2 Å². The van der Waals surface area contributed by atoms with Crippen LogP contribution < -0.4 is 0 Å². The van der Waals surface area contributed by atoms with Crippen LogP contribution in [-0.2, 0) is 4.79 Å². The van der Waals surface area contributed by atoms with Gasteiger partial charge in [0.1, 0.15) is 6.54 Å². The van der Waals surface area contributed by atoms with Crippen LogP contribution in [0, 0.1) is 0 Å². The summed E-state index contributed by atoms with van der Waals surface area (Å²) in [5, 5.41) is 9.02. The number of aliphatic hydroxyl groups is 1. The molecule has 0 aromatic rings. The smallest absolute Gasteiger partial charge is 0.222 e. The first-order chi connectivity index (χ1) is 9.46. The first-order valence-electron chi connectivity index (χ1n) is 7.78. The Kier molecular flexibility index (Phi) is 10.4. The second-order valence-electron chi connectivity index (χ2n) is 5.89. The molecule has 1 N–H and O–H groups in total. The molecule has 0 aliphatic rings. The molecule has 0 atom stereocenters. The molecule has 1 amide bonds. The normalized spacial score (nSPS) is 12.1. The van der Waals surface area contributed by atoms with Crippen molar-refractivity contribution in [2.75, 3.05) is 46.9 Å². The number of carbonyl (C=O) groups is 1. The lowest BCUT2D eigenvalue weighted by molar-refractivity contribution is -0.890. The summed E-state index contributed by atoms with van der Waals surface area (Å²) in [6.45, 7) is 7.41. The maximum atomic E-state index is 12.1. The van der Waals surface area contributed by atoms with Crippen LogP contribution in [-0.4, -0.2) is 67.3 Å². The standard InChI is InChI=1S/C16H33N2O2/c1-5-7-8-9-10-11-16(20)17(6-2)12-13-18(3,4)14-15-19/h5,7,19H,6,8-15H2,1-4H3/q+1/b7-5+. The van der Waals surface area contributed by atoms with Crippen molar-refractivity contribution in [1.82, 2.24) is 4.90 Å². The van der Waals surface area contributed by atoms with Gasteiger partial charge < -0.3 is 14.5 Å². The molecular weight excluding hydrogens is 252 g/mol. The largest absolute Gasteiger partial charge is 0.391 e. The van der Waals surface area contributed by atoms with Crippen molar-refractivity contribution >= 4 is 5.91 Å². The molecule has 20 heavy (non-hydrogen) atoms. The molecule has 0 saturated carbocycles. The number of nitrogens with zero attached hydrogens (tertiary/aromatic N) is 2. The van der Waals surface area contributed by atoms with Crippen LogP contribution in [0.4, 0.5) is 0 Å². The highest BCUT2D eigenvalue weighted by Crippen LogP contribution is 2.05. The topological polar surface area (TPSA) is 40.5 Å². The highest BCUT2D eigenvalue weighted by molar-refractivity contribution is 5.76. The van der Waals surface area contributed by atoms with Crippen LogP contribution in [0.1, 0.15) is 39.5 Å². The van der Waals surface area contributed by atoms with Crippen LogP contribution >= 0.6 is 0 Å². The van der Waals surface area contributed by atoms with E-state index < -0.39 is 0 Å². The molecule has 0 spiro atoms. The fourth-order valence-electron chi connectivity index (χ4n) is 2.10. The number of allylic oxidation sites excluding steroid dienone is 2. The number of unbranched alkanes of at least 4 members (excludes halogenated alkanes) is 2. The van der Waals surface area contributed by atoms with Crippen LogP contribution in [0.25, 0.3) is 0 Å². The Morgan fingerprint density at radius 2 is 1.95 bits per heavy atom. The average molecular weight is 285 g/mol. The third-order valence-corrected chi connectivity index (χ3v) is 3.66. The van der Waals surface area contributed by atoms with Gasteiger partial charge in [-0.15, -0.1) is 0 Å². The molecule has 0 saturated heterocycles. The van der Waals surface area contributed by atoms with Crippen molar-refractivity contribution in [3.63, 3.8) is 0 Å². The first-order valence-corrected chi connectivity index (χ1v) is 7.78. The van der Waals surface area contributed by atoms with E-state index in [4.69, 9.17) is 5.11 Å². The molecule has 0 radical (unpaired) electrons. The summed E-state index contributed by atoms with van der Waals surface area (Å²) in [7, 11) is 4.18. The maximum absolute atomic E-state index is 12.1. The van der Waals surface area contributed by atoms with Crippen molar-refractivity contribution in [3.05, 3.63) is 12.2 Å². The third kappa shape index (κ3) is 9.10. The molecule has 0 rings (SSSR count). The Bertz CT molecular complexity index is 288. The fraction of sp³-hybridized carbons (Fsp3) is 0.812. The van der Waals surface area contributed by atoms with Gasteiger partial charge in [0.15, 0.2) is 0 Å². The van der Waals surface area contributed by atoms with E-state index in [1.54, 1.807) is 0 Å². The monoisotopic (exact) mass is 285 g/mol. The Morgan fingerprint density at radius 1 is 1.25 bits per heavy atom. The van der Waals surface area contributed by atoms with E-state index in [0.717, 1.165) is 49.9 Å². The molecule has 0 aliphatic heterocycles. The molecule has 118 valence electrons. The van der Waals surface area contributed by atoms with Gasteiger partial charge >= 0.3 is 0 Å². The molecule has 0 aliphatic carbocycles. The van der Waals surface area contributed by atoms with Gasteiger partial charge in [-0.05, 0) is 33.1 Å². The van der Waals surface area contributed by atoms with Gasteiger partial charge in [0.25, 0.3) is 0 Å². The van der Waals surface area contributed by atoms with E-state index in [0.29, 0.717) is 6.42 Å². The summed E-state index contributed by atoms with van der Waals surface area (Å²) in [5.41, 5.74) is 0. The maximum Gasteiger partial charge on any atom is 0.222 e. The minimum absolute atomic E-state index is 0.192. The van der Waals surface area contributed by atoms with Gasteiger partial charge in [-0.1, -0.05) is 12.2 Å². The van der Waals surface area contributed by atoms with Crippen LogP contribution in [0.3, 0.4) is 0 Å². The van der Waals surface area contributed by atoms with E-state index in [9.17, 15) is 4.79 Å². The minimum Gasteiger partial charge on any atom is -0.391 e. The summed E-state index contributed by atoms with van der Waals surface area (Å²) < 4.78 is 0.752. The van der Waals surface area contributed by atoms with Crippen LogP contribution in [0.2, 0.25) is 0 Å². The van der Waals surface area contributed by atoms with Gasteiger partial charge in [-0.2, -0.15) is 0 Å². The van der Waals surface area contributed by atoms with Gasteiger partial charge in [-0.3, -0.25) is 4.79 Å². The predicted octanol–water partition coefficient (Wildman–Crippen LogP) is 2.04. The number of hydrogen-bond acceptors (Lipinski definition) is 2. The van der Waals surface area contributed by atoms with Crippen LogP contribution in [0.5, 0.6) is 0 Å².